The summed E-state index contributed by atoms with van der Waals surface area (Å²) in [5.74, 6) is 0.326. The molecule has 2 aromatic carbocycles. The molecule has 6 heteroatoms. The first kappa shape index (κ1) is 18.3. The summed E-state index contributed by atoms with van der Waals surface area (Å²) in [6.45, 7) is 5.70. The molecule has 2 aromatic rings. The average molecular weight is 373 g/mol. The number of nitrogens with one attached hydrogen (secondary N) is 1. The number of aryl methyl sites for hydroxylation is 1. The van der Waals surface area contributed by atoms with Gasteiger partial charge in [-0.2, -0.15) is 0 Å². The van der Waals surface area contributed by atoms with Crippen LogP contribution < -0.4 is 15.0 Å². The van der Waals surface area contributed by atoms with Crippen molar-refractivity contribution in [3.63, 3.8) is 0 Å². The highest BCUT2D eigenvalue weighted by atomic mass is 35.5. The molecule has 0 unspecified atom stereocenters. The smallest absolute Gasteiger partial charge is 0.270 e. The molecule has 0 radical (unpaired) electrons. The molecule has 1 heterocycles. The molecule has 0 spiro atoms. The second-order valence-corrected chi connectivity index (χ2v) is 7.28. The summed E-state index contributed by atoms with van der Waals surface area (Å²) in [4.78, 5) is 26.7. The van der Waals surface area contributed by atoms with E-state index in [1.54, 1.807) is 43.0 Å². The van der Waals surface area contributed by atoms with Gasteiger partial charge in [-0.15, -0.1) is 0 Å². The van der Waals surface area contributed by atoms with Crippen LogP contribution in [0.4, 0.5) is 11.4 Å². The zero-order chi connectivity index (χ0) is 18.9. The topological polar surface area (TPSA) is 58.6 Å². The fourth-order valence-corrected chi connectivity index (χ4v) is 3.00. The van der Waals surface area contributed by atoms with Gasteiger partial charge in [0.1, 0.15) is 5.75 Å². The van der Waals surface area contributed by atoms with Crippen LogP contribution in [0.3, 0.4) is 0 Å². The van der Waals surface area contributed by atoms with Crippen molar-refractivity contribution in [2.24, 2.45) is 0 Å². The van der Waals surface area contributed by atoms with Crippen LogP contribution in [0, 0.1) is 6.92 Å². The minimum Gasteiger partial charge on any atom is -0.476 e. The van der Waals surface area contributed by atoms with Gasteiger partial charge in [0, 0.05) is 23.7 Å². The first-order valence-corrected chi connectivity index (χ1v) is 8.81. The number of benzene rings is 2. The monoisotopic (exact) mass is 372 g/mol. The predicted molar refractivity (Wildman–Crippen MR) is 103 cm³/mol. The van der Waals surface area contributed by atoms with Crippen LogP contribution in [0.1, 0.15) is 25.8 Å². The van der Waals surface area contributed by atoms with Gasteiger partial charge in [-0.25, -0.2) is 0 Å². The van der Waals surface area contributed by atoms with Crippen molar-refractivity contribution in [1.29, 1.82) is 0 Å². The maximum absolute atomic E-state index is 12.8. The van der Waals surface area contributed by atoms with Gasteiger partial charge in [0.2, 0.25) is 5.91 Å². The summed E-state index contributed by atoms with van der Waals surface area (Å²) >= 11 is 5.85. The molecule has 2 amide bonds. The molecule has 0 bridgehead atoms. The minimum absolute atomic E-state index is 0.158. The van der Waals surface area contributed by atoms with Crippen molar-refractivity contribution < 1.29 is 14.3 Å². The Balaban J connectivity index is 1.73. The number of carbonyl (C=O) groups is 2. The Kier molecular flexibility index (Phi) is 4.92. The summed E-state index contributed by atoms with van der Waals surface area (Å²) in [7, 11) is 0. The lowest BCUT2D eigenvalue weighted by Crippen LogP contribution is -2.53. The number of nitrogens with zero attached hydrogens (tertiary/aromatic N) is 1. The number of rotatable bonds is 4. The van der Waals surface area contributed by atoms with E-state index in [0.717, 1.165) is 5.56 Å². The molecule has 5 nitrogen and oxygen atoms in total. The van der Waals surface area contributed by atoms with Gasteiger partial charge in [-0.05, 0) is 62.7 Å². The fraction of sp³-hybridized carbons (Fsp3) is 0.300. The Hall–Kier alpha value is -2.53. The Morgan fingerprint density at radius 1 is 1.19 bits per heavy atom. The van der Waals surface area contributed by atoms with E-state index in [2.05, 4.69) is 5.32 Å². The van der Waals surface area contributed by atoms with Crippen LogP contribution in [0.15, 0.2) is 42.5 Å². The van der Waals surface area contributed by atoms with Gasteiger partial charge in [0.05, 0.1) is 5.69 Å². The van der Waals surface area contributed by atoms with Crippen molar-refractivity contribution in [1.82, 2.24) is 0 Å². The van der Waals surface area contributed by atoms with Gasteiger partial charge >= 0.3 is 0 Å². The third kappa shape index (κ3) is 3.83. The summed E-state index contributed by atoms with van der Waals surface area (Å²) in [6, 6.07) is 12.6. The van der Waals surface area contributed by atoms with Crippen LogP contribution in [0.5, 0.6) is 5.75 Å². The number of halogens is 1. The molecule has 0 saturated heterocycles. The van der Waals surface area contributed by atoms with Gasteiger partial charge in [-0.3, -0.25) is 9.59 Å². The zero-order valence-electron chi connectivity index (χ0n) is 15.0. The molecule has 1 N–H and O–H groups in total. The van der Waals surface area contributed by atoms with E-state index in [4.69, 9.17) is 16.3 Å². The number of carbonyl (C=O) groups excluding carboxylic acids is 2. The number of hydrogen-bond acceptors (Lipinski definition) is 3. The largest absolute Gasteiger partial charge is 0.476 e. The summed E-state index contributed by atoms with van der Waals surface area (Å²) < 4.78 is 5.83. The van der Waals surface area contributed by atoms with Crippen molar-refractivity contribution >= 4 is 34.8 Å². The third-order valence-electron chi connectivity index (χ3n) is 4.22. The standard InChI is InChI=1S/C20H21ClN2O3/c1-13-4-9-17-16(12-13)23(19(25)20(2,3)26-17)11-10-18(24)22-15-7-5-14(21)6-8-15/h4-9,12H,10-11H2,1-3H3,(H,22,24). The molecule has 3 rings (SSSR count). The molecule has 136 valence electrons. The molecule has 0 atom stereocenters. The van der Waals surface area contributed by atoms with E-state index in [0.29, 0.717) is 22.1 Å². The number of ether oxygens (including phenoxy) is 1. The van der Waals surface area contributed by atoms with Crippen LogP contribution >= 0.6 is 11.6 Å². The molecule has 0 saturated carbocycles. The van der Waals surface area contributed by atoms with Gasteiger partial charge in [-0.1, -0.05) is 17.7 Å². The first-order chi connectivity index (χ1) is 12.3. The molecule has 26 heavy (non-hydrogen) atoms. The second kappa shape index (κ2) is 7.00. The van der Waals surface area contributed by atoms with Crippen LogP contribution in [0.25, 0.3) is 0 Å². The van der Waals surface area contributed by atoms with Crippen molar-refractivity contribution in [2.45, 2.75) is 32.8 Å². The van der Waals surface area contributed by atoms with Gasteiger partial charge in [0.15, 0.2) is 5.60 Å². The number of fused-ring (bicyclic) bond motifs is 1. The van der Waals surface area contributed by atoms with Crippen molar-refractivity contribution in [2.75, 3.05) is 16.8 Å². The number of hydrogen-bond donors (Lipinski definition) is 1. The van der Waals surface area contributed by atoms with E-state index in [-0.39, 0.29) is 24.8 Å². The van der Waals surface area contributed by atoms with E-state index < -0.39 is 5.60 Å². The number of anilines is 2. The highest BCUT2D eigenvalue weighted by molar-refractivity contribution is 6.30. The lowest BCUT2D eigenvalue weighted by molar-refractivity contribution is -0.132. The van der Waals surface area contributed by atoms with E-state index in [1.807, 2.05) is 25.1 Å². The maximum atomic E-state index is 12.8. The van der Waals surface area contributed by atoms with E-state index in [9.17, 15) is 9.59 Å². The zero-order valence-corrected chi connectivity index (χ0v) is 15.8. The normalized spacial score (nSPS) is 15.2. The van der Waals surface area contributed by atoms with Crippen LogP contribution in [-0.2, 0) is 9.59 Å². The lowest BCUT2D eigenvalue weighted by Gasteiger charge is -2.38. The molecule has 0 aromatic heterocycles. The SMILES string of the molecule is Cc1ccc2c(c1)N(CCC(=O)Nc1ccc(Cl)cc1)C(=O)C(C)(C)O2. The Labute approximate surface area is 157 Å². The maximum Gasteiger partial charge on any atom is 0.270 e. The van der Waals surface area contributed by atoms with Crippen molar-refractivity contribution in [3.05, 3.63) is 53.1 Å². The molecule has 0 aliphatic carbocycles. The minimum atomic E-state index is -0.963. The van der Waals surface area contributed by atoms with Crippen molar-refractivity contribution in [3.8, 4) is 5.75 Å². The molecule has 0 fully saturated rings. The Morgan fingerprint density at radius 3 is 2.58 bits per heavy atom. The van der Waals surface area contributed by atoms with Crippen LogP contribution in [0.2, 0.25) is 5.02 Å². The molecular weight excluding hydrogens is 352 g/mol. The van der Waals surface area contributed by atoms with E-state index >= 15 is 0 Å². The summed E-state index contributed by atoms with van der Waals surface area (Å²) in [6.07, 6.45) is 0.178. The fourth-order valence-electron chi connectivity index (χ4n) is 2.87. The highest BCUT2D eigenvalue weighted by Gasteiger charge is 2.40. The first-order valence-electron chi connectivity index (χ1n) is 8.43. The second-order valence-electron chi connectivity index (χ2n) is 6.85. The quantitative estimate of drug-likeness (QED) is 0.875. The molecule has 1 aliphatic rings. The summed E-state index contributed by atoms with van der Waals surface area (Å²) in [5.41, 5.74) is 1.43. The average Bonchev–Trinajstić information content (AvgIpc) is 2.58. The highest BCUT2D eigenvalue weighted by Crippen LogP contribution is 2.38. The molecule has 1 aliphatic heterocycles. The predicted octanol–water partition coefficient (Wildman–Crippen LogP) is 4.18. The van der Waals surface area contributed by atoms with Crippen LogP contribution in [-0.4, -0.2) is 24.0 Å². The van der Waals surface area contributed by atoms with Gasteiger partial charge < -0.3 is 15.0 Å². The lowest BCUT2D eigenvalue weighted by atomic mass is 10.0. The van der Waals surface area contributed by atoms with E-state index in [1.165, 1.54) is 0 Å². The van der Waals surface area contributed by atoms with Gasteiger partial charge in [0.25, 0.3) is 5.91 Å². The summed E-state index contributed by atoms with van der Waals surface area (Å²) in [5, 5.41) is 3.42. The number of amides is 2. The third-order valence-corrected chi connectivity index (χ3v) is 4.47. The molecular formula is C20H21ClN2O3. The Bertz CT molecular complexity index is 847. The Morgan fingerprint density at radius 2 is 1.88 bits per heavy atom.